The normalized spacial score (nSPS) is 16.7. The lowest BCUT2D eigenvalue weighted by atomic mass is 9.80. The Morgan fingerprint density at radius 3 is 1.03 bits per heavy atom. The van der Waals surface area contributed by atoms with Gasteiger partial charge in [0, 0.05) is 12.1 Å². The topological polar surface area (TPSA) is 76.1 Å². The molecule has 4 aromatic carbocycles. The van der Waals surface area contributed by atoms with Gasteiger partial charge in [0.15, 0.2) is 0 Å². The van der Waals surface area contributed by atoms with Crippen LogP contribution < -0.4 is 22.1 Å². The fourth-order valence-corrected chi connectivity index (χ4v) is 4.58. The summed E-state index contributed by atoms with van der Waals surface area (Å²) in [4.78, 5) is 0. The summed E-state index contributed by atoms with van der Waals surface area (Å²) in [5.74, 6) is 0. The maximum Gasteiger partial charge on any atom is 0.130 e. The van der Waals surface area contributed by atoms with E-state index in [1.807, 2.05) is 97.1 Å². The first kappa shape index (κ1) is 23.9. The van der Waals surface area contributed by atoms with Gasteiger partial charge >= 0.3 is 0 Å². The van der Waals surface area contributed by atoms with Crippen molar-refractivity contribution >= 4 is 0 Å². The van der Waals surface area contributed by atoms with Crippen molar-refractivity contribution in [2.24, 2.45) is 11.5 Å². The molecule has 0 fully saturated rings. The fourth-order valence-electron chi connectivity index (χ4n) is 4.58. The highest BCUT2D eigenvalue weighted by atomic mass is 15.3. The third-order valence-corrected chi connectivity index (χ3v) is 6.57. The summed E-state index contributed by atoms with van der Waals surface area (Å²) >= 11 is 0. The van der Waals surface area contributed by atoms with E-state index in [-0.39, 0.29) is 12.1 Å². The zero-order chi connectivity index (χ0) is 24.0. The second kappa shape index (κ2) is 10.3. The molecular formula is C30H34N4. The molecular weight excluding hydrogens is 416 g/mol. The van der Waals surface area contributed by atoms with Crippen molar-refractivity contribution < 1.29 is 0 Å². The van der Waals surface area contributed by atoms with E-state index >= 15 is 0 Å². The summed E-state index contributed by atoms with van der Waals surface area (Å²) in [6.45, 7) is 4.23. The molecule has 0 aromatic heterocycles. The molecule has 4 rings (SSSR count). The summed E-state index contributed by atoms with van der Waals surface area (Å²) in [6, 6.07) is 40.6. The molecule has 0 aliphatic heterocycles. The number of rotatable bonds is 9. The highest BCUT2D eigenvalue weighted by Crippen LogP contribution is 2.37. The minimum atomic E-state index is -1.14. The fraction of sp³-hybridized carbons (Fsp3) is 0.200. The minimum absolute atomic E-state index is 0.0492. The Bertz CT molecular complexity index is 1060. The van der Waals surface area contributed by atoms with E-state index < -0.39 is 11.3 Å². The van der Waals surface area contributed by atoms with Crippen LogP contribution in [0.15, 0.2) is 121 Å². The highest BCUT2D eigenvalue weighted by molar-refractivity contribution is 5.37. The Morgan fingerprint density at radius 2 is 0.735 bits per heavy atom. The zero-order valence-electron chi connectivity index (χ0n) is 19.9. The van der Waals surface area contributed by atoms with Crippen LogP contribution in [0.1, 0.15) is 48.2 Å². The second-order valence-corrected chi connectivity index (χ2v) is 8.90. The van der Waals surface area contributed by atoms with Crippen molar-refractivity contribution in [1.82, 2.24) is 10.6 Å². The molecule has 0 aliphatic rings. The Labute approximate surface area is 203 Å². The molecule has 0 saturated carbocycles. The number of hydrogen-bond acceptors (Lipinski definition) is 4. The van der Waals surface area contributed by atoms with Crippen LogP contribution in [0.5, 0.6) is 0 Å². The monoisotopic (exact) mass is 450 g/mol. The van der Waals surface area contributed by atoms with Crippen LogP contribution in [0.2, 0.25) is 0 Å². The zero-order valence-corrected chi connectivity index (χ0v) is 19.9. The minimum Gasteiger partial charge on any atom is -0.306 e. The lowest BCUT2D eigenvalue weighted by molar-refractivity contribution is 0.105. The lowest BCUT2D eigenvalue weighted by Crippen LogP contribution is -2.74. The number of nitrogens with two attached hydrogens (primary N) is 2. The van der Waals surface area contributed by atoms with Gasteiger partial charge in [0.2, 0.25) is 0 Å². The third-order valence-electron chi connectivity index (χ3n) is 6.57. The van der Waals surface area contributed by atoms with Crippen molar-refractivity contribution in [3.63, 3.8) is 0 Å². The molecule has 0 spiro atoms. The second-order valence-electron chi connectivity index (χ2n) is 8.90. The van der Waals surface area contributed by atoms with Crippen LogP contribution in [0.3, 0.4) is 0 Å². The van der Waals surface area contributed by atoms with E-state index in [4.69, 9.17) is 11.5 Å². The quantitative estimate of drug-likeness (QED) is 0.261. The highest BCUT2D eigenvalue weighted by Gasteiger charge is 2.50. The van der Waals surface area contributed by atoms with E-state index in [1.165, 1.54) is 0 Å². The molecule has 4 nitrogen and oxygen atoms in total. The predicted molar refractivity (Wildman–Crippen MR) is 141 cm³/mol. The van der Waals surface area contributed by atoms with E-state index in [2.05, 4.69) is 48.7 Å². The van der Waals surface area contributed by atoms with Crippen molar-refractivity contribution in [3.05, 3.63) is 144 Å². The summed E-state index contributed by atoms with van der Waals surface area (Å²) < 4.78 is 0. The van der Waals surface area contributed by atoms with Gasteiger partial charge in [0.1, 0.15) is 11.3 Å². The Balaban J connectivity index is 1.84. The van der Waals surface area contributed by atoms with Gasteiger partial charge in [-0.05, 0) is 36.1 Å². The van der Waals surface area contributed by atoms with Gasteiger partial charge in [-0.3, -0.25) is 10.6 Å². The van der Waals surface area contributed by atoms with E-state index in [0.717, 1.165) is 22.3 Å². The Kier molecular flexibility index (Phi) is 7.25. The maximum atomic E-state index is 7.40. The smallest absolute Gasteiger partial charge is 0.130 e. The first-order valence-electron chi connectivity index (χ1n) is 11.8. The van der Waals surface area contributed by atoms with Crippen molar-refractivity contribution in [1.29, 1.82) is 0 Å². The molecule has 4 aromatic rings. The molecule has 174 valence electrons. The molecule has 0 amide bonds. The SMILES string of the molecule is C[C@@H](N[C@](N)(c1ccccc1)[C@](N)(N[C@H](C)c1ccccc1)c1ccccc1)c1ccccc1. The van der Waals surface area contributed by atoms with Crippen LogP contribution in [-0.4, -0.2) is 0 Å². The molecule has 34 heavy (non-hydrogen) atoms. The van der Waals surface area contributed by atoms with Crippen molar-refractivity contribution in [2.75, 3.05) is 0 Å². The molecule has 6 N–H and O–H groups in total. The van der Waals surface area contributed by atoms with Crippen LogP contribution in [0.4, 0.5) is 0 Å². The molecule has 0 radical (unpaired) electrons. The molecule has 0 aliphatic carbocycles. The lowest BCUT2D eigenvalue weighted by Gasteiger charge is -2.50. The van der Waals surface area contributed by atoms with Gasteiger partial charge in [0.25, 0.3) is 0 Å². The standard InChI is InChI=1S/C30H34N4/c1-23(25-15-7-3-8-16-25)33-29(31,27-19-11-5-12-20-27)30(32,28-21-13-6-14-22-28)34-24(2)26-17-9-4-10-18-26/h3-24,33-34H,31-32H2,1-2H3/t23-,24-,29-,30-/m1/s1. The van der Waals surface area contributed by atoms with E-state index in [0.29, 0.717) is 0 Å². The predicted octanol–water partition coefficient (Wildman–Crippen LogP) is 5.31. The van der Waals surface area contributed by atoms with E-state index in [1.54, 1.807) is 0 Å². The first-order valence-corrected chi connectivity index (χ1v) is 11.8. The molecule has 4 atom stereocenters. The molecule has 0 heterocycles. The van der Waals surface area contributed by atoms with Gasteiger partial charge in [-0.1, -0.05) is 121 Å². The first-order chi connectivity index (χ1) is 16.4. The third kappa shape index (κ3) is 4.81. The number of hydrogen-bond donors (Lipinski definition) is 4. The van der Waals surface area contributed by atoms with Gasteiger partial charge in [0.05, 0.1) is 0 Å². The van der Waals surface area contributed by atoms with Gasteiger partial charge in [-0.25, -0.2) is 0 Å². The average Bonchev–Trinajstić information content (AvgIpc) is 2.90. The van der Waals surface area contributed by atoms with Gasteiger partial charge in [-0.2, -0.15) is 0 Å². The van der Waals surface area contributed by atoms with Gasteiger partial charge in [-0.15, -0.1) is 0 Å². The van der Waals surface area contributed by atoms with Crippen LogP contribution in [0.25, 0.3) is 0 Å². The summed E-state index contributed by atoms with van der Waals surface area (Å²) in [6.07, 6.45) is 0. The van der Waals surface area contributed by atoms with Crippen LogP contribution >= 0.6 is 0 Å². The Hall–Kier alpha value is -3.28. The van der Waals surface area contributed by atoms with Crippen molar-refractivity contribution in [2.45, 2.75) is 37.3 Å². The largest absolute Gasteiger partial charge is 0.306 e. The average molecular weight is 451 g/mol. The summed E-state index contributed by atoms with van der Waals surface area (Å²) in [5.41, 5.74) is 16.6. The Morgan fingerprint density at radius 1 is 0.471 bits per heavy atom. The van der Waals surface area contributed by atoms with Gasteiger partial charge < -0.3 is 11.5 Å². The van der Waals surface area contributed by atoms with Crippen molar-refractivity contribution in [3.8, 4) is 0 Å². The summed E-state index contributed by atoms with van der Waals surface area (Å²) in [5, 5.41) is 7.42. The molecule has 4 heteroatoms. The number of nitrogens with one attached hydrogen (secondary N) is 2. The van der Waals surface area contributed by atoms with E-state index in [9.17, 15) is 0 Å². The molecule has 0 bridgehead atoms. The number of benzene rings is 4. The van der Waals surface area contributed by atoms with Crippen LogP contribution in [0, 0.1) is 0 Å². The molecule has 0 unspecified atom stereocenters. The van der Waals surface area contributed by atoms with Crippen LogP contribution in [-0.2, 0) is 11.3 Å². The maximum absolute atomic E-state index is 7.40. The summed E-state index contributed by atoms with van der Waals surface area (Å²) in [7, 11) is 0. The molecule has 0 saturated heterocycles.